The van der Waals surface area contributed by atoms with Crippen molar-refractivity contribution in [2.24, 2.45) is 5.41 Å². The molecule has 1 aliphatic carbocycles. The minimum Gasteiger partial charge on any atom is -0.205 e. The van der Waals surface area contributed by atoms with Gasteiger partial charge in [-0.3, -0.25) is 0 Å². The molecular weight excluding hydrogens is 223 g/mol. The van der Waals surface area contributed by atoms with Gasteiger partial charge in [-0.25, -0.2) is 4.39 Å². The second kappa shape index (κ2) is 4.06. The van der Waals surface area contributed by atoms with E-state index in [2.05, 4.69) is 32.1 Å². The highest BCUT2D eigenvalue weighted by Crippen LogP contribution is 2.33. The van der Waals surface area contributed by atoms with Gasteiger partial charge < -0.3 is 0 Å². The molecule has 0 aromatic heterocycles. The molecule has 0 saturated heterocycles. The Morgan fingerprint density at radius 1 is 1.31 bits per heavy atom. The van der Waals surface area contributed by atoms with Crippen molar-refractivity contribution in [3.05, 3.63) is 52.8 Å². The first-order valence-electron chi connectivity index (χ1n) is 5.33. The van der Waals surface area contributed by atoms with Crippen LogP contribution in [-0.4, -0.2) is 0 Å². The number of hydrogen-bond acceptors (Lipinski definition) is 0. The third-order valence-electron chi connectivity index (χ3n) is 2.72. The molecule has 0 radical (unpaired) electrons. The third kappa shape index (κ3) is 2.35. The molecule has 0 amide bonds. The summed E-state index contributed by atoms with van der Waals surface area (Å²) in [6, 6.07) is 4.89. The van der Waals surface area contributed by atoms with E-state index in [1.807, 2.05) is 0 Å². The molecule has 84 valence electrons. The minimum atomic E-state index is -0.364. The van der Waals surface area contributed by atoms with Crippen LogP contribution in [0.25, 0.3) is 5.57 Å². The standard InChI is InChI=1S/C14H14ClF/c1-14(2)7-3-4-11(9-14)10-5-6-13(16)12(15)8-10/h3,5-9H,4H2,1-2H3. The number of rotatable bonds is 1. The van der Waals surface area contributed by atoms with Gasteiger partial charge in [0.25, 0.3) is 0 Å². The van der Waals surface area contributed by atoms with Crippen molar-refractivity contribution in [2.45, 2.75) is 20.3 Å². The van der Waals surface area contributed by atoms with Crippen LogP contribution in [0, 0.1) is 11.2 Å². The molecule has 0 aliphatic heterocycles. The first-order chi connectivity index (χ1) is 7.48. The number of benzene rings is 1. The molecule has 0 spiro atoms. The second-order valence-electron chi connectivity index (χ2n) is 4.73. The maximum absolute atomic E-state index is 13.1. The van der Waals surface area contributed by atoms with Crippen LogP contribution in [0.15, 0.2) is 36.4 Å². The van der Waals surface area contributed by atoms with Crippen molar-refractivity contribution in [1.82, 2.24) is 0 Å². The topological polar surface area (TPSA) is 0 Å². The summed E-state index contributed by atoms with van der Waals surface area (Å²) in [5.74, 6) is -0.364. The highest BCUT2D eigenvalue weighted by atomic mass is 35.5. The van der Waals surface area contributed by atoms with Crippen LogP contribution in [-0.2, 0) is 0 Å². The maximum atomic E-state index is 13.1. The first-order valence-corrected chi connectivity index (χ1v) is 5.71. The van der Waals surface area contributed by atoms with Gasteiger partial charge in [0.15, 0.2) is 0 Å². The molecule has 0 saturated carbocycles. The molecule has 0 bridgehead atoms. The Bertz CT molecular complexity index is 470. The van der Waals surface area contributed by atoms with E-state index < -0.39 is 0 Å². The molecule has 2 rings (SSSR count). The van der Waals surface area contributed by atoms with Gasteiger partial charge in [-0.15, -0.1) is 0 Å². The van der Waals surface area contributed by atoms with Crippen molar-refractivity contribution < 1.29 is 4.39 Å². The molecule has 16 heavy (non-hydrogen) atoms. The summed E-state index contributed by atoms with van der Waals surface area (Å²) in [4.78, 5) is 0. The summed E-state index contributed by atoms with van der Waals surface area (Å²) in [6.45, 7) is 4.29. The Labute approximate surface area is 100 Å². The van der Waals surface area contributed by atoms with E-state index in [9.17, 15) is 4.39 Å². The van der Waals surface area contributed by atoms with E-state index in [-0.39, 0.29) is 16.3 Å². The number of allylic oxidation sites excluding steroid dienone is 4. The molecule has 0 N–H and O–H groups in total. The predicted molar refractivity (Wildman–Crippen MR) is 66.9 cm³/mol. The van der Waals surface area contributed by atoms with E-state index >= 15 is 0 Å². The van der Waals surface area contributed by atoms with Gasteiger partial charge in [0.1, 0.15) is 5.82 Å². The van der Waals surface area contributed by atoms with Crippen LogP contribution >= 0.6 is 11.6 Å². The number of hydrogen-bond donors (Lipinski definition) is 0. The van der Waals surface area contributed by atoms with Gasteiger partial charge in [-0.2, -0.15) is 0 Å². The normalized spacial score (nSPS) is 18.4. The highest BCUT2D eigenvalue weighted by Gasteiger charge is 2.16. The van der Waals surface area contributed by atoms with Gasteiger partial charge in [0.2, 0.25) is 0 Å². The van der Waals surface area contributed by atoms with Crippen molar-refractivity contribution in [1.29, 1.82) is 0 Å². The lowest BCUT2D eigenvalue weighted by Crippen LogP contribution is -2.07. The van der Waals surface area contributed by atoms with Crippen molar-refractivity contribution >= 4 is 17.2 Å². The van der Waals surface area contributed by atoms with Crippen molar-refractivity contribution in [3.63, 3.8) is 0 Å². The largest absolute Gasteiger partial charge is 0.205 e. The van der Waals surface area contributed by atoms with Crippen LogP contribution in [0.5, 0.6) is 0 Å². The fourth-order valence-electron chi connectivity index (χ4n) is 1.94. The Morgan fingerprint density at radius 3 is 2.69 bits per heavy atom. The molecule has 0 atom stereocenters. The molecule has 1 aliphatic rings. The quantitative estimate of drug-likeness (QED) is 0.612. The zero-order valence-corrected chi connectivity index (χ0v) is 10.2. The zero-order valence-electron chi connectivity index (χ0n) is 9.43. The second-order valence-corrected chi connectivity index (χ2v) is 5.13. The van der Waals surface area contributed by atoms with E-state index in [4.69, 9.17) is 11.6 Å². The molecule has 0 fully saturated rings. The summed E-state index contributed by atoms with van der Waals surface area (Å²) in [5.41, 5.74) is 2.27. The summed E-state index contributed by atoms with van der Waals surface area (Å²) in [7, 11) is 0. The van der Waals surface area contributed by atoms with Crippen LogP contribution in [0.2, 0.25) is 5.02 Å². The monoisotopic (exact) mass is 236 g/mol. The predicted octanol–water partition coefficient (Wildman–Crippen LogP) is 4.85. The van der Waals surface area contributed by atoms with Gasteiger partial charge in [0.05, 0.1) is 5.02 Å². The molecular formula is C14H14ClF. The molecule has 0 unspecified atom stereocenters. The highest BCUT2D eigenvalue weighted by molar-refractivity contribution is 6.30. The van der Waals surface area contributed by atoms with E-state index in [1.165, 1.54) is 11.6 Å². The molecule has 0 nitrogen and oxygen atoms in total. The van der Waals surface area contributed by atoms with Crippen LogP contribution < -0.4 is 0 Å². The van der Waals surface area contributed by atoms with Crippen LogP contribution in [0.4, 0.5) is 4.39 Å². The maximum Gasteiger partial charge on any atom is 0.141 e. The smallest absolute Gasteiger partial charge is 0.141 e. The SMILES string of the molecule is CC1(C)C=CCC(c2ccc(F)c(Cl)c2)=C1. The molecule has 1 aromatic rings. The van der Waals surface area contributed by atoms with Gasteiger partial charge in [0, 0.05) is 5.41 Å². The van der Waals surface area contributed by atoms with Gasteiger partial charge >= 0.3 is 0 Å². The summed E-state index contributed by atoms with van der Waals surface area (Å²) >= 11 is 5.78. The Hall–Kier alpha value is -1.08. The summed E-state index contributed by atoms with van der Waals surface area (Å²) < 4.78 is 13.1. The van der Waals surface area contributed by atoms with Crippen LogP contribution in [0.1, 0.15) is 25.8 Å². The Kier molecular flexibility index (Phi) is 2.90. The van der Waals surface area contributed by atoms with Crippen molar-refractivity contribution in [2.75, 3.05) is 0 Å². The van der Waals surface area contributed by atoms with Gasteiger partial charge in [-0.1, -0.05) is 49.7 Å². The van der Waals surface area contributed by atoms with E-state index in [0.29, 0.717) is 0 Å². The fourth-order valence-corrected chi connectivity index (χ4v) is 2.12. The molecule has 2 heteroatoms. The van der Waals surface area contributed by atoms with Gasteiger partial charge in [-0.05, 0) is 29.7 Å². The van der Waals surface area contributed by atoms with E-state index in [1.54, 1.807) is 12.1 Å². The average molecular weight is 237 g/mol. The fraction of sp³-hybridized carbons (Fsp3) is 0.286. The summed E-state index contributed by atoms with van der Waals surface area (Å²) in [6.07, 6.45) is 7.41. The summed E-state index contributed by atoms with van der Waals surface area (Å²) in [5, 5.41) is 0.186. The third-order valence-corrected chi connectivity index (χ3v) is 3.01. The Balaban J connectivity index is 2.38. The zero-order chi connectivity index (χ0) is 11.8. The van der Waals surface area contributed by atoms with E-state index in [0.717, 1.165) is 12.0 Å². The lowest BCUT2D eigenvalue weighted by atomic mass is 9.83. The van der Waals surface area contributed by atoms with Crippen molar-refractivity contribution in [3.8, 4) is 0 Å². The minimum absolute atomic E-state index is 0.0639. The lowest BCUT2D eigenvalue weighted by Gasteiger charge is -2.22. The molecule has 1 aromatic carbocycles. The average Bonchev–Trinajstić information content (AvgIpc) is 2.20. The van der Waals surface area contributed by atoms with Crippen LogP contribution in [0.3, 0.4) is 0 Å². The lowest BCUT2D eigenvalue weighted by molar-refractivity contribution is 0.618. The molecule has 0 heterocycles. The number of halogens is 2. The Morgan fingerprint density at radius 2 is 2.06 bits per heavy atom. The first kappa shape index (κ1) is 11.4.